The molecule has 0 unspecified atom stereocenters. The van der Waals surface area contributed by atoms with Gasteiger partial charge in [-0.15, -0.1) is 69.0 Å². The third-order valence-electron chi connectivity index (χ3n) is 3.91. The number of azo groups is 2. The Morgan fingerprint density at radius 2 is 0.778 bits per heavy atom. The average molecular weight is 661 g/mol. The standard InChI is InChI=1S/2C11H11N5.2BrH.2ClH/c2*12-10-7-6-9(11(13)14-10)16-15-8-4-2-1-3-5-8;;;;/h2*1-7H,(H4,12,13,14);4*1H. The number of pyridine rings is 2. The van der Waals surface area contributed by atoms with Gasteiger partial charge in [-0.25, -0.2) is 9.97 Å². The summed E-state index contributed by atoms with van der Waals surface area (Å²) in [7, 11) is 0. The summed E-state index contributed by atoms with van der Waals surface area (Å²) in [5, 5.41) is 16.1. The smallest absolute Gasteiger partial charge is 0.153 e. The monoisotopic (exact) mass is 658 g/mol. The van der Waals surface area contributed by atoms with E-state index in [1.165, 1.54) is 0 Å². The Morgan fingerprint density at radius 1 is 0.444 bits per heavy atom. The fraction of sp³-hybridized carbons (Fsp3) is 0. The minimum atomic E-state index is 0. The van der Waals surface area contributed by atoms with Crippen molar-refractivity contribution < 1.29 is 0 Å². The number of nitrogen functional groups attached to an aromatic ring is 4. The van der Waals surface area contributed by atoms with Gasteiger partial charge in [-0.2, -0.15) is 10.2 Å². The van der Waals surface area contributed by atoms with E-state index >= 15 is 0 Å². The van der Waals surface area contributed by atoms with E-state index in [2.05, 4.69) is 30.4 Å². The van der Waals surface area contributed by atoms with Crippen molar-refractivity contribution in [3.63, 3.8) is 0 Å². The Morgan fingerprint density at radius 3 is 1.08 bits per heavy atom. The first-order valence-electron chi connectivity index (χ1n) is 9.49. The summed E-state index contributed by atoms with van der Waals surface area (Å²) in [5.41, 5.74) is 24.8. The van der Waals surface area contributed by atoms with Crippen LogP contribution in [-0.2, 0) is 0 Å². The predicted molar refractivity (Wildman–Crippen MR) is 162 cm³/mol. The van der Waals surface area contributed by atoms with Gasteiger partial charge in [-0.3, -0.25) is 0 Å². The first-order chi connectivity index (χ1) is 15.5. The molecule has 4 aromatic rings. The van der Waals surface area contributed by atoms with Crippen molar-refractivity contribution in [2.75, 3.05) is 22.9 Å². The van der Waals surface area contributed by atoms with Gasteiger partial charge >= 0.3 is 0 Å². The number of nitrogens with zero attached hydrogens (tertiary/aromatic N) is 6. The highest BCUT2D eigenvalue weighted by Gasteiger charge is 2.00. The molecule has 2 heterocycles. The Labute approximate surface area is 242 Å². The molecule has 0 bridgehead atoms. The summed E-state index contributed by atoms with van der Waals surface area (Å²) in [5.74, 6) is 1.30. The molecule has 192 valence electrons. The number of nitrogens with two attached hydrogens (primary N) is 4. The van der Waals surface area contributed by atoms with Crippen molar-refractivity contribution in [1.82, 2.24) is 9.97 Å². The molecule has 8 N–H and O–H groups in total. The van der Waals surface area contributed by atoms with E-state index in [0.717, 1.165) is 11.4 Å². The van der Waals surface area contributed by atoms with Gasteiger partial charge in [0.25, 0.3) is 0 Å². The van der Waals surface area contributed by atoms with Gasteiger partial charge in [0, 0.05) is 0 Å². The van der Waals surface area contributed by atoms with Gasteiger partial charge in [0.2, 0.25) is 0 Å². The van der Waals surface area contributed by atoms with E-state index in [1.807, 2.05) is 60.7 Å². The Hall–Kier alpha value is -3.32. The second kappa shape index (κ2) is 18.0. The molecule has 2 aromatic carbocycles. The number of hydrogen-bond donors (Lipinski definition) is 4. The zero-order valence-electron chi connectivity index (χ0n) is 18.7. The molecule has 0 saturated carbocycles. The highest BCUT2D eigenvalue weighted by atomic mass is 79.9. The van der Waals surface area contributed by atoms with Crippen LogP contribution in [0, 0.1) is 0 Å². The van der Waals surface area contributed by atoms with Crippen molar-refractivity contribution >= 4 is 105 Å². The van der Waals surface area contributed by atoms with Crippen LogP contribution in [0.2, 0.25) is 0 Å². The number of anilines is 4. The van der Waals surface area contributed by atoms with Crippen LogP contribution in [-0.4, -0.2) is 9.97 Å². The van der Waals surface area contributed by atoms with Crippen LogP contribution in [0.1, 0.15) is 0 Å². The van der Waals surface area contributed by atoms with Crippen molar-refractivity contribution in [2.24, 2.45) is 20.5 Å². The molecule has 0 radical (unpaired) electrons. The van der Waals surface area contributed by atoms with Gasteiger partial charge < -0.3 is 22.9 Å². The van der Waals surface area contributed by atoms with E-state index in [-0.39, 0.29) is 70.4 Å². The zero-order chi connectivity index (χ0) is 22.8. The largest absolute Gasteiger partial charge is 0.384 e. The molecule has 10 nitrogen and oxygen atoms in total. The minimum absolute atomic E-state index is 0. The van der Waals surface area contributed by atoms with E-state index in [0.29, 0.717) is 23.0 Å². The van der Waals surface area contributed by atoms with E-state index in [4.69, 9.17) is 22.9 Å². The molecule has 4 rings (SSSR count). The normalized spacial score (nSPS) is 9.56. The molecular formula is C22H26Br2Cl2N10. The first kappa shape index (κ1) is 34.8. The van der Waals surface area contributed by atoms with Crippen molar-refractivity contribution in [3.05, 3.63) is 84.9 Å². The third-order valence-corrected chi connectivity index (χ3v) is 3.91. The topological polar surface area (TPSA) is 179 Å². The van der Waals surface area contributed by atoms with Crippen LogP contribution >= 0.6 is 58.8 Å². The molecule has 0 aliphatic rings. The van der Waals surface area contributed by atoms with Gasteiger partial charge in [-0.05, 0) is 48.5 Å². The van der Waals surface area contributed by atoms with Crippen LogP contribution in [0.5, 0.6) is 0 Å². The maximum atomic E-state index is 5.64. The lowest BCUT2D eigenvalue weighted by atomic mass is 10.3. The fourth-order valence-electron chi connectivity index (χ4n) is 2.35. The van der Waals surface area contributed by atoms with Crippen LogP contribution in [0.4, 0.5) is 46.0 Å². The highest BCUT2D eigenvalue weighted by molar-refractivity contribution is 8.93. The van der Waals surface area contributed by atoms with Crippen molar-refractivity contribution in [2.45, 2.75) is 0 Å². The second-order valence-corrected chi connectivity index (χ2v) is 6.35. The molecule has 0 spiro atoms. The molecular weight excluding hydrogens is 635 g/mol. The highest BCUT2D eigenvalue weighted by Crippen LogP contribution is 2.24. The summed E-state index contributed by atoms with van der Waals surface area (Å²) in [6.45, 7) is 0. The predicted octanol–water partition coefficient (Wildman–Crippen LogP) is 7.32. The molecule has 0 aliphatic carbocycles. The second-order valence-electron chi connectivity index (χ2n) is 6.35. The Balaban J connectivity index is 0. The Bertz CT molecular complexity index is 1130. The van der Waals surface area contributed by atoms with E-state index in [9.17, 15) is 0 Å². The summed E-state index contributed by atoms with van der Waals surface area (Å²) in [6, 6.07) is 25.4. The van der Waals surface area contributed by atoms with Crippen LogP contribution < -0.4 is 22.9 Å². The lowest BCUT2D eigenvalue weighted by Crippen LogP contribution is -1.95. The van der Waals surface area contributed by atoms with Crippen LogP contribution in [0.15, 0.2) is 105 Å². The zero-order valence-corrected chi connectivity index (χ0v) is 23.8. The van der Waals surface area contributed by atoms with E-state index < -0.39 is 0 Å². The SMILES string of the molecule is Br.Br.Cl.Cl.Nc1ccc(N=Nc2ccccc2)c(N)n1.Nc1ccc(N=Nc2ccccc2)c(N)n1. The Kier molecular flexibility index (Phi) is 17.4. The molecule has 0 fully saturated rings. The summed E-state index contributed by atoms with van der Waals surface area (Å²) in [4.78, 5) is 7.78. The van der Waals surface area contributed by atoms with Crippen LogP contribution in [0.3, 0.4) is 0 Å². The molecule has 14 heteroatoms. The molecule has 0 amide bonds. The molecule has 2 aromatic heterocycles. The number of halogens is 4. The van der Waals surface area contributed by atoms with Gasteiger partial charge in [0.15, 0.2) is 11.6 Å². The summed E-state index contributed by atoms with van der Waals surface area (Å²) < 4.78 is 0. The first-order valence-corrected chi connectivity index (χ1v) is 9.49. The fourth-order valence-corrected chi connectivity index (χ4v) is 2.35. The maximum Gasteiger partial charge on any atom is 0.153 e. The number of benzene rings is 2. The summed E-state index contributed by atoms with van der Waals surface area (Å²) >= 11 is 0. The molecule has 0 saturated heterocycles. The number of aromatic nitrogens is 2. The third kappa shape index (κ3) is 11.4. The lowest BCUT2D eigenvalue weighted by molar-refractivity contribution is 1.21. The van der Waals surface area contributed by atoms with Gasteiger partial charge in [-0.1, -0.05) is 36.4 Å². The summed E-state index contributed by atoms with van der Waals surface area (Å²) in [6.07, 6.45) is 0. The minimum Gasteiger partial charge on any atom is -0.384 e. The molecule has 36 heavy (non-hydrogen) atoms. The average Bonchev–Trinajstić information content (AvgIpc) is 2.80. The van der Waals surface area contributed by atoms with Gasteiger partial charge in [0.05, 0.1) is 11.4 Å². The van der Waals surface area contributed by atoms with Gasteiger partial charge in [0.1, 0.15) is 23.0 Å². The maximum absolute atomic E-state index is 5.64. The number of hydrogen-bond acceptors (Lipinski definition) is 10. The molecule has 0 aliphatic heterocycles. The number of rotatable bonds is 4. The quantitative estimate of drug-likeness (QED) is 0.166. The molecule has 0 atom stereocenters. The lowest BCUT2D eigenvalue weighted by Gasteiger charge is -1.98. The van der Waals surface area contributed by atoms with Crippen molar-refractivity contribution in [1.29, 1.82) is 0 Å². The van der Waals surface area contributed by atoms with E-state index in [1.54, 1.807) is 24.3 Å². The van der Waals surface area contributed by atoms with Crippen molar-refractivity contribution in [3.8, 4) is 0 Å². The van der Waals surface area contributed by atoms with Crippen LogP contribution in [0.25, 0.3) is 0 Å².